The first-order valence-corrected chi connectivity index (χ1v) is 9.29. The number of ether oxygens (including phenoxy) is 1. The van der Waals surface area contributed by atoms with Crippen molar-refractivity contribution in [3.05, 3.63) is 34.1 Å². The van der Waals surface area contributed by atoms with E-state index in [1.54, 1.807) is 18.2 Å². The van der Waals surface area contributed by atoms with Gasteiger partial charge in [-0.2, -0.15) is 15.0 Å². The second-order valence-electron chi connectivity index (χ2n) is 6.20. The summed E-state index contributed by atoms with van der Waals surface area (Å²) in [7, 11) is 2.11. The first-order chi connectivity index (χ1) is 12.5. The van der Waals surface area contributed by atoms with Gasteiger partial charge in [-0.05, 0) is 25.6 Å². The molecule has 2 heterocycles. The summed E-state index contributed by atoms with van der Waals surface area (Å²) in [6.07, 6.45) is 1.38. The maximum Gasteiger partial charge on any atom is 0.230 e. The van der Waals surface area contributed by atoms with Crippen LogP contribution in [0.2, 0.25) is 10.0 Å². The highest BCUT2D eigenvalue weighted by Gasteiger charge is 2.18. The van der Waals surface area contributed by atoms with E-state index in [0.29, 0.717) is 40.6 Å². The molecule has 1 aromatic carbocycles. The molecule has 0 bridgehead atoms. The van der Waals surface area contributed by atoms with Crippen molar-refractivity contribution in [1.82, 2.24) is 19.9 Å². The molecule has 2 aromatic rings. The highest BCUT2D eigenvalue weighted by molar-refractivity contribution is 6.42. The first-order valence-electron chi connectivity index (χ1n) is 8.53. The molecule has 1 aliphatic heterocycles. The van der Waals surface area contributed by atoms with E-state index in [1.165, 1.54) is 0 Å². The first kappa shape index (κ1) is 18.9. The SMILES string of the molecule is CN1CCN(c2nc(N)nc(CCCOc3cccc(Cl)c3Cl)n2)CC1. The number of aryl methyl sites for hydroxylation is 1. The number of aromatic nitrogens is 3. The number of nitrogen functional groups attached to an aromatic ring is 1. The Balaban J connectivity index is 1.55. The number of rotatable bonds is 6. The van der Waals surface area contributed by atoms with Crippen molar-refractivity contribution in [2.75, 3.05) is 50.5 Å². The zero-order chi connectivity index (χ0) is 18.5. The summed E-state index contributed by atoms with van der Waals surface area (Å²) in [5, 5.41) is 0.905. The predicted octanol–water partition coefficient (Wildman–Crippen LogP) is 2.52. The Morgan fingerprint density at radius 2 is 1.88 bits per heavy atom. The number of anilines is 2. The van der Waals surface area contributed by atoms with Gasteiger partial charge in [0.05, 0.1) is 11.6 Å². The smallest absolute Gasteiger partial charge is 0.230 e. The van der Waals surface area contributed by atoms with Crippen LogP contribution in [0.5, 0.6) is 5.75 Å². The molecular weight excluding hydrogens is 375 g/mol. The van der Waals surface area contributed by atoms with Crippen LogP contribution in [0.3, 0.4) is 0 Å². The van der Waals surface area contributed by atoms with Gasteiger partial charge in [0.25, 0.3) is 0 Å². The molecule has 0 radical (unpaired) electrons. The molecule has 26 heavy (non-hydrogen) atoms. The van der Waals surface area contributed by atoms with Gasteiger partial charge in [0.15, 0.2) is 0 Å². The lowest BCUT2D eigenvalue weighted by Crippen LogP contribution is -2.45. The normalized spacial score (nSPS) is 15.3. The van der Waals surface area contributed by atoms with Gasteiger partial charge in [-0.3, -0.25) is 0 Å². The molecule has 9 heteroatoms. The lowest BCUT2D eigenvalue weighted by atomic mass is 10.3. The van der Waals surface area contributed by atoms with E-state index in [4.69, 9.17) is 33.7 Å². The lowest BCUT2D eigenvalue weighted by Gasteiger charge is -2.32. The molecule has 1 aromatic heterocycles. The Labute approximate surface area is 163 Å². The van der Waals surface area contributed by atoms with Crippen LogP contribution in [0.25, 0.3) is 0 Å². The van der Waals surface area contributed by atoms with Gasteiger partial charge < -0.3 is 20.3 Å². The average Bonchev–Trinajstić information content (AvgIpc) is 2.62. The summed E-state index contributed by atoms with van der Waals surface area (Å²) in [6.45, 7) is 4.21. The van der Waals surface area contributed by atoms with Gasteiger partial charge in [0, 0.05) is 32.6 Å². The highest BCUT2D eigenvalue weighted by atomic mass is 35.5. The molecule has 7 nitrogen and oxygen atoms in total. The summed E-state index contributed by atoms with van der Waals surface area (Å²) in [4.78, 5) is 17.5. The Kier molecular flexibility index (Phi) is 6.34. The van der Waals surface area contributed by atoms with E-state index in [0.717, 1.165) is 32.6 Å². The van der Waals surface area contributed by atoms with Crippen LogP contribution < -0.4 is 15.4 Å². The van der Waals surface area contributed by atoms with Crippen molar-refractivity contribution in [3.8, 4) is 5.75 Å². The van der Waals surface area contributed by atoms with E-state index in [9.17, 15) is 0 Å². The predicted molar refractivity (Wildman–Crippen MR) is 104 cm³/mol. The largest absolute Gasteiger partial charge is 0.492 e. The summed E-state index contributed by atoms with van der Waals surface area (Å²) in [6, 6.07) is 5.32. The number of hydrogen-bond acceptors (Lipinski definition) is 7. The van der Waals surface area contributed by atoms with Crippen LogP contribution in [0.4, 0.5) is 11.9 Å². The molecule has 140 valence electrons. The second-order valence-corrected chi connectivity index (χ2v) is 6.99. The van der Waals surface area contributed by atoms with Gasteiger partial charge in [0.1, 0.15) is 16.6 Å². The van der Waals surface area contributed by atoms with Gasteiger partial charge in [-0.1, -0.05) is 29.3 Å². The molecule has 1 fully saturated rings. The van der Waals surface area contributed by atoms with Crippen LogP contribution in [-0.4, -0.2) is 59.7 Å². The van der Waals surface area contributed by atoms with E-state index in [2.05, 4.69) is 31.8 Å². The van der Waals surface area contributed by atoms with Gasteiger partial charge in [-0.15, -0.1) is 0 Å². The van der Waals surface area contributed by atoms with Gasteiger partial charge >= 0.3 is 0 Å². The summed E-state index contributed by atoms with van der Waals surface area (Å²) >= 11 is 12.1. The fourth-order valence-corrected chi connectivity index (χ4v) is 3.04. The average molecular weight is 397 g/mol. The molecule has 1 saturated heterocycles. The Hall–Kier alpha value is -1.83. The molecule has 3 rings (SSSR count). The van der Waals surface area contributed by atoms with E-state index in [-0.39, 0.29) is 5.95 Å². The highest BCUT2D eigenvalue weighted by Crippen LogP contribution is 2.31. The van der Waals surface area contributed by atoms with Crippen LogP contribution in [0, 0.1) is 0 Å². The molecule has 0 aliphatic carbocycles. The van der Waals surface area contributed by atoms with Crippen molar-refractivity contribution >= 4 is 35.1 Å². The topological polar surface area (TPSA) is 80.4 Å². The van der Waals surface area contributed by atoms with Crippen molar-refractivity contribution in [1.29, 1.82) is 0 Å². The Morgan fingerprint density at radius 1 is 1.12 bits per heavy atom. The summed E-state index contributed by atoms with van der Waals surface area (Å²) in [5.41, 5.74) is 5.86. The minimum absolute atomic E-state index is 0.253. The quantitative estimate of drug-likeness (QED) is 0.751. The van der Waals surface area contributed by atoms with Crippen LogP contribution in [0.15, 0.2) is 18.2 Å². The molecule has 0 saturated carbocycles. The third-order valence-corrected chi connectivity index (χ3v) is 4.99. The van der Waals surface area contributed by atoms with Crippen LogP contribution in [0.1, 0.15) is 12.2 Å². The minimum atomic E-state index is 0.253. The number of piperazine rings is 1. The van der Waals surface area contributed by atoms with Gasteiger partial charge in [-0.25, -0.2) is 0 Å². The van der Waals surface area contributed by atoms with Crippen molar-refractivity contribution in [2.45, 2.75) is 12.8 Å². The number of benzene rings is 1. The number of hydrogen-bond donors (Lipinski definition) is 1. The molecule has 1 aliphatic rings. The van der Waals surface area contributed by atoms with Crippen LogP contribution in [-0.2, 0) is 6.42 Å². The number of nitrogens with two attached hydrogens (primary N) is 1. The Morgan fingerprint density at radius 3 is 2.65 bits per heavy atom. The summed E-state index contributed by atoms with van der Waals surface area (Å²) < 4.78 is 5.69. The molecule has 0 spiro atoms. The molecule has 2 N–H and O–H groups in total. The van der Waals surface area contributed by atoms with E-state index in [1.807, 2.05) is 0 Å². The van der Waals surface area contributed by atoms with Crippen molar-refractivity contribution in [3.63, 3.8) is 0 Å². The van der Waals surface area contributed by atoms with Gasteiger partial charge in [0.2, 0.25) is 11.9 Å². The fourth-order valence-electron chi connectivity index (χ4n) is 2.69. The number of halogens is 2. The maximum atomic E-state index is 6.11. The zero-order valence-corrected chi connectivity index (χ0v) is 16.2. The van der Waals surface area contributed by atoms with E-state index < -0.39 is 0 Å². The monoisotopic (exact) mass is 396 g/mol. The zero-order valence-electron chi connectivity index (χ0n) is 14.7. The molecule has 0 atom stereocenters. The molecule has 0 unspecified atom stereocenters. The number of likely N-dealkylation sites (N-methyl/N-ethyl adjacent to an activating group) is 1. The maximum absolute atomic E-state index is 6.11. The van der Waals surface area contributed by atoms with Crippen molar-refractivity contribution < 1.29 is 4.74 Å². The third kappa shape index (κ3) is 4.87. The molecule has 0 amide bonds. The fraction of sp³-hybridized carbons (Fsp3) is 0.471. The van der Waals surface area contributed by atoms with Crippen LogP contribution >= 0.6 is 23.2 Å². The summed E-state index contributed by atoms with van der Waals surface area (Å²) in [5.74, 6) is 2.15. The molecular formula is C17H22Cl2N6O. The number of nitrogens with zero attached hydrogens (tertiary/aromatic N) is 5. The van der Waals surface area contributed by atoms with E-state index >= 15 is 0 Å². The minimum Gasteiger partial charge on any atom is -0.492 e. The van der Waals surface area contributed by atoms with Crippen molar-refractivity contribution in [2.24, 2.45) is 0 Å². The standard InChI is InChI=1S/C17H22Cl2N6O/c1-24-7-9-25(10-8-24)17-22-14(21-16(20)23-17)6-3-11-26-13-5-2-4-12(18)15(13)19/h2,4-5H,3,6-11H2,1H3,(H2,20,21,22,23). The Bertz CT molecular complexity index is 752. The third-order valence-electron chi connectivity index (χ3n) is 4.19. The lowest BCUT2D eigenvalue weighted by molar-refractivity contribution is 0.308. The second kappa shape index (κ2) is 8.70.